The highest BCUT2D eigenvalue weighted by Crippen LogP contribution is 2.20. The van der Waals surface area contributed by atoms with E-state index in [1.54, 1.807) is 0 Å². The molecule has 0 bridgehead atoms. The van der Waals surface area contributed by atoms with Crippen LogP contribution in [0.3, 0.4) is 0 Å². The summed E-state index contributed by atoms with van der Waals surface area (Å²) >= 11 is 0. The van der Waals surface area contributed by atoms with Gasteiger partial charge in [0.05, 0.1) is 0 Å². The van der Waals surface area contributed by atoms with Gasteiger partial charge in [-0.2, -0.15) is 0 Å². The standard InChI is InChI=1S/C15H21N5/c1-5-13-18-14(16-2)10-15(19-13)17-11-6-8-12(9-7-11)20(3)4/h6-10H,5H2,1-4H3,(H2,16,17,18,19). The third kappa shape index (κ3) is 3.38. The lowest BCUT2D eigenvalue weighted by molar-refractivity contribution is 0.945. The van der Waals surface area contributed by atoms with E-state index in [2.05, 4.69) is 37.6 Å². The van der Waals surface area contributed by atoms with Crippen LogP contribution in [0.15, 0.2) is 30.3 Å². The van der Waals surface area contributed by atoms with Crippen LogP contribution in [-0.2, 0) is 6.42 Å². The van der Waals surface area contributed by atoms with E-state index in [-0.39, 0.29) is 0 Å². The summed E-state index contributed by atoms with van der Waals surface area (Å²) < 4.78 is 0. The van der Waals surface area contributed by atoms with E-state index in [1.165, 1.54) is 5.69 Å². The van der Waals surface area contributed by atoms with Gasteiger partial charge in [-0.15, -0.1) is 0 Å². The van der Waals surface area contributed by atoms with Gasteiger partial charge in [0.1, 0.15) is 17.5 Å². The number of nitrogens with zero attached hydrogens (tertiary/aromatic N) is 3. The summed E-state index contributed by atoms with van der Waals surface area (Å²) in [4.78, 5) is 10.9. The van der Waals surface area contributed by atoms with Crippen LogP contribution in [0.2, 0.25) is 0 Å². The Morgan fingerprint density at radius 2 is 1.70 bits per heavy atom. The second-order valence-electron chi connectivity index (χ2n) is 4.72. The molecule has 20 heavy (non-hydrogen) atoms. The van der Waals surface area contributed by atoms with Crippen molar-refractivity contribution in [2.75, 3.05) is 36.7 Å². The van der Waals surface area contributed by atoms with Gasteiger partial charge in [0.2, 0.25) is 0 Å². The van der Waals surface area contributed by atoms with E-state index in [0.29, 0.717) is 0 Å². The van der Waals surface area contributed by atoms with Crippen LogP contribution in [-0.4, -0.2) is 31.1 Å². The van der Waals surface area contributed by atoms with Crippen LogP contribution < -0.4 is 15.5 Å². The summed E-state index contributed by atoms with van der Waals surface area (Å²) in [6.45, 7) is 2.05. The van der Waals surface area contributed by atoms with Gasteiger partial charge < -0.3 is 15.5 Å². The molecule has 0 radical (unpaired) electrons. The second kappa shape index (κ2) is 6.23. The zero-order valence-electron chi connectivity index (χ0n) is 12.4. The molecule has 0 aliphatic heterocycles. The molecule has 0 fully saturated rings. The minimum Gasteiger partial charge on any atom is -0.378 e. The van der Waals surface area contributed by atoms with Gasteiger partial charge in [0, 0.05) is 45.0 Å². The number of anilines is 4. The van der Waals surface area contributed by atoms with Gasteiger partial charge in [-0.05, 0) is 24.3 Å². The van der Waals surface area contributed by atoms with Crippen molar-refractivity contribution in [2.24, 2.45) is 0 Å². The first kappa shape index (κ1) is 14.1. The minimum absolute atomic E-state index is 0.804. The molecular formula is C15H21N5. The van der Waals surface area contributed by atoms with Crippen molar-refractivity contribution < 1.29 is 0 Å². The predicted molar refractivity (Wildman–Crippen MR) is 85.0 cm³/mol. The quantitative estimate of drug-likeness (QED) is 0.875. The first-order chi connectivity index (χ1) is 9.62. The third-order valence-corrected chi connectivity index (χ3v) is 3.00. The van der Waals surface area contributed by atoms with Crippen LogP contribution in [0.5, 0.6) is 0 Å². The van der Waals surface area contributed by atoms with Gasteiger partial charge in [-0.1, -0.05) is 6.92 Å². The van der Waals surface area contributed by atoms with Gasteiger partial charge >= 0.3 is 0 Å². The molecule has 106 valence electrons. The monoisotopic (exact) mass is 271 g/mol. The lowest BCUT2D eigenvalue weighted by Crippen LogP contribution is -2.08. The van der Waals surface area contributed by atoms with Gasteiger partial charge in [-0.25, -0.2) is 9.97 Å². The topological polar surface area (TPSA) is 53.1 Å². The van der Waals surface area contributed by atoms with E-state index < -0.39 is 0 Å². The smallest absolute Gasteiger partial charge is 0.136 e. The van der Waals surface area contributed by atoms with E-state index in [1.807, 2.05) is 46.3 Å². The molecule has 0 aliphatic carbocycles. The molecule has 0 amide bonds. The molecule has 0 atom stereocenters. The van der Waals surface area contributed by atoms with Crippen LogP contribution in [0.1, 0.15) is 12.7 Å². The van der Waals surface area contributed by atoms with Gasteiger partial charge in [0.25, 0.3) is 0 Å². The molecule has 0 spiro atoms. The molecule has 0 aliphatic rings. The highest BCUT2D eigenvalue weighted by Gasteiger charge is 2.03. The summed E-state index contributed by atoms with van der Waals surface area (Å²) in [5.41, 5.74) is 2.18. The van der Waals surface area contributed by atoms with Crippen LogP contribution in [0, 0.1) is 0 Å². The summed E-state index contributed by atoms with van der Waals surface area (Å²) in [5.74, 6) is 2.45. The van der Waals surface area contributed by atoms with Crippen LogP contribution >= 0.6 is 0 Å². The fraction of sp³-hybridized carbons (Fsp3) is 0.333. The Morgan fingerprint density at radius 3 is 2.25 bits per heavy atom. The highest BCUT2D eigenvalue weighted by atomic mass is 15.1. The van der Waals surface area contributed by atoms with Crippen molar-refractivity contribution in [3.63, 3.8) is 0 Å². The summed E-state index contributed by atoms with van der Waals surface area (Å²) in [6, 6.07) is 10.1. The molecule has 0 saturated heterocycles. The van der Waals surface area contributed by atoms with Crippen molar-refractivity contribution in [1.82, 2.24) is 9.97 Å². The predicted octanol–water partition coefficient (Wildman–Crippen LogP) is 2.89. The number of hydrogen-bond donors (Lipinski definition) is 2. The Morgan fingerprint density at radius 1 is 1.05 bits per heavy atom. The highest BCUT2D eigenvalue weighted by molar-refractivity contribution is 5.62. The zero-order valence-corrected chi connectivity index (χ0v) is 12.4. The number of aromatic nitrogens is 2. The van der Waals surface area contributed by atoms with Crippen molar-refractivity contribution in [3.05, 3.63) is 36.2 Å². The molecule has 0 saturated carbocycles. The number of benzene rings is 1. The summed E-state index contributed by atoms with van der Waals surface area (Å²) in [6.07, 6.45) is 0.809. The van der Waals surface area contributed by atoms with Gasteiger partial charge in [0.15, 0.2) is 0 Å². The molecule has 1 aromatic carbocycles. The third-order valence-electron chi connectivity index (χ3n) is 3.00. The van der Waals surface area contributed by atoms with Crippen LogP contribution in [0.25, 0.3) is 0 Å². The molecule has 1 heterocycles. The SMILES string of the molecule is CCc1nc(NC)cc(Nc2ccc(N(C)C)cc2)n1. The van der Waals surface area contributed by atoms with Crippen molar-refractivity contribution in [3.8, 4) is 0 Å². The summed E-state index contributed by atoms with van der Waals surface area (Å²) in [5, 5.41) is 6.36. The molecule has 1 aromatic heterocycles. The van der Waals surface area contributed by atoms with E-state index in [9.17, 15) is 0 Å². The Hall–Kier alpha value is -2.30. The maximum atomic E-state index is 4.48. The largest absolute Gasteiger partial charge is 0.378 e. The first-order valence-corrected chi connectivity index (χ1v) is 6.72. The number of aryl methyl sites for hydroxylation is 1. The first-order valence-electron chi connectivity index (χ1n) is 6.72. The molecule has 5 heteroatoms. The molecule has 2 N–H and O–H groups in total. The van der Waals surface area contributed by atoms with Crippen LogP contribution in [0.4, 0.5) is 23.0 Å². The lowest BCUT2D eigenvalue weighted by atomic mass is 10.2. The number of nitrogens with one attached hydrogen (secondary N) is 2. The van der Waals surface area contributed by atoms with Crippen molar-refractivity contribution in [2.45, 2.75) is 13.3 Å². The molecule has 5 nitrogen and oxygen atoms in total. The molecular weight excluding hydrogens is 250 g/mol. The number of hydrogen-bond acceptors (Lipinski definition) is 5. The van der Waals surface area contributed by atoms with Gasteiger partial charge in [-0.3, -0.25) is 0 Å². The van der Waals surface area contributed by atoms with E-state index >= 15 is 0 Å². The summed E-state index contributed by atoms with van der Waals surface area (Å²) in [7, 11) is 5.91. The lowest BCUT2D eigenvalue weighted by Gasteiger charge is -2.13. The van der Waals surface area contributed by atoms with E-state index in [4.69, 9.17) is 0 Å². The maximum absolute atomic E-state index is 4.48. The number of rotatable bonds is 5. The molecule has 2 aromatic rings. The van der Waals surface area contributed by atoms with Crippen molar-refractivity contribution >= 4 is 23.0 Å². The second-order valence-corrected chi connectivity index (χ2v) is 4.72. The minimum atomic E-state index is 0.804. The Kier molecular flexibility index (Phi) is 4.40. The Bertz CT molecular complexity index is 541. The fourth-order valence-corrected chi connectivity index (χ4v) is 1.84. The maximum Gasteiger partial charge on any atom is 0.136 e. The normalized spacial score (nSPS) is 10.2. The Labute approximate surface area is 120 Å². The Balaban J connectivity index is 2.20. The molecule has 0 unspecified atom stereocenters. The van der Waals surface area contributed by atoms with E-state index in [0.717, 1.165) is 29.6 Å². The average molecular weight is 271 g/mol. The average Bonchev–Trinajstić information content (AvgIpc) is 2.47. The molecule has 2 rings (SSSR count). The zero-order chi connectivity index (χ0) is 14.5. The van der Waals surface area contributed by atoms with Crippen molar-refractivity contribution in [1.29, 1.82) is 0 Å². The fourth-order valence-electron chi connectivity index (χ4n) is 1.84.